The van der Waals surface area contributed by atoms with Gasteiger partial charge in [0.15, 0.2) is 5.01 Å². The van der Waals surface area contributed by atoms with Crippen LogP contribution >= 0.6 is 23.1 Å². The molecule has 1 aliphatic rings. The summed E-state index contributed by atoms with van der Waals surface area (Å²) in [7, 11) is 0. The molecule has 0 aromatic carbocycles. The number of hydrogen-bond acceptors (Lipinski definition) is 8. The lowest BCUT2D eigenvalue weighted by Crippen LogP contribution is -2.43. The van der Waals surface area contributed by atoms with Crippen LogP contribution < -0.4 is 5.32 Å². The normalized spacial score (nSPS) is 15.6. The molecule has 0 bridgehead atoms. The van der Waals surface area contributed by atoms with E-state index in [4.69, 9.17) is 4.74 Å². The van der Waals surface area contributed by atoms with Gasteiger partial charge in [0.25, 0.3) is 5.91 Å². The Bertz CT molecular complexity index is 857. The summed E-state index contributed by atoms with van der Waals surface area (Å²) >= 11 is 2.76. The fraction of sp³-hybridized carbons (Fsp3) is 0.611. The van der Waals surface area contributed by atoms with Gasteiger partial charge in [-0.2, -0.15) is 0 Å². The molecule has 8 nitrogen and oxygen atoms in total. The smallest absolute Gasteiger partial charge is 0.410 e. The van der Waals surface area contributed by atoms with E-state index in [-0.39, 0.29) is 12.0 Å². The summed E-state index contributed by atoms with van der Waals surface area (Å²) in [6.07, 6.45) is 4.81. The zero-order valence-corrected chi connectivity index (χ0v) is 18.2. The van der Waals surface area contributed by atoms with Gasteiger partial charge in [-0.05, 0) is 45.8 Å². The van der Waals surface area contributed by atoms with Gasteiger partial charge in [-0.3, -0.25) is 4.79 Å². The van der Waals surface area contributed by atoms with Crippen molar-refractivity contribution in [3.05, 3.63) is 11.3 Å². The summed E-state index contributed by atoms with van der Waals surface area (Å²) in [6.45, 7) is 7.44. The van der Waals surface area contributed by atoms with Crippen LogP contribution in [0, 0.1) is 5.92 Å². The number of hydrogen-bond donors (Lipinski definition) is 1. The molecule has 0 radical (unpaired) electrons. The van der Waals surface area contributed by atoms with Crippen molar-refractivity contribution in [1.29, 1.82) is 0 Å². The van der Waals surface area contributed by atoms with Gasteiger partial charge in [-0.15, -0.1) is 11.8 Å². The lowest BCUT2D eigenvalue weighted by molar-refractivity contribution is 0.0183. The van der Waals surface area contributed by atoms with Crippen LogP contribution in [0.5, 0.6) is 0 Å². The third-order valence-electron chi connectivity index (χ3n) is 4.37. The van der Waals surface area contributed by atoms with Crippen LogP contribution in [-0.2, 0) is 4.74 Å². The average molecular weight is 424 g/mol. The second kappa shape index (κ2) is 8.60. The Labute approximate surface area is 172 Å². The largest absolute Gasteiger partial charge is 0.444 e. The molecule has 1 fully saturated rings. The van der Waals surface area contributed by atoms with Gasteiger partial charge in [-0.1, -0.05) is 11.3 Å². The average Bonchev–Trinajstić information content (AvgIpc) is 3.09. The first kappa shape index (κ1) is 20.8. The number of fused-ring (bicyclic) bond motifs is 1. The van der Waals surface area contributed by atoms with Gasteiger partial charge < -0.3 is 15.0 Å². The van der Waals surface area contributed by atoms with Crippen LogP contribution in [-0.4, -0.2) is 63.3 Å². The van der Waals surface area contributed by atoms with Crippen molar-refractivity contribution < 1.29 is 14.3 Å². The van der Waals surface area contributed by atoms with E-state index >= 15 is 0 Å². The molecule has 28 heavy (non-hydrogen) atoms. The molecule has 2 aromatic rings. The Balaban J connectivity index is 1.50. The van der Waals surface area contributed by atoms with Gasteiger partial charge in [0.05, 0.1) is 0 Å². The van der Waals surface area contributed by atoms with Crippen molar-refractivity contribution in [3.63, 3.8) is 0 Å². The van der Waals surface area contributed by atoms with Crippen molar-refractivity contribution >= 4 is 45.4 Å². The molecule has 0 unspecified atom stereocenters. The van der Waals surface area contributed by atoms with Crippen LogP contribution in [0.1, 0.15) is 43.4 Å². The van der Waals surface area contributed by atoms with Crippen molar-refractivity contribution in [3.8, 4) is 0 Å². The summed E-state index contributed by atoms with van der Waals surface area (Å²) < 4.78 is 5.41. The van der Waals surface area contributed by atoms with E-state index < -0.39 is 5.60 Å². The Morgan fingerprint density at radius 1 is 1.32 bits per heavy atom. The highest BCUT2D eigenvalue weighted by atomic mass is 32.2. The predicted molar refractivity (Wildman–Crippen MR) is 110 cm³/mol. The maximum absolute atomic E-state index is 12.5. The van der Waals surface area contributed by atoms with E-state index in [1.165, 1.54) is 29.4 Å². The van der Waals surface area contributed by atoms with Gasteiger partial charge >= 0.3 is 6.09 Å². The van der Waals surface area contributed by atoms with Gasteiger partial charge in [0, 0.05) is 19.6 Å². The quantitative estimate of drug-likeness (QED) is 0.596. The lowest BCUT2D eigenvalue weighted by Gasteiger charge is -2.33. The van der Waals surface area contributed by atoms with Gasteiger partial charge in [0.1, 0.15) is 27.3 Å². The number of nitrogens with one attached hydrogen (secondary N) is 1. The third-order valence-corrected chi connectivity index (χ3v) is 6.01. The summed E-state index contributed by atoms with van der Waals surface area (Å²) in [6, 6.07) is 0. The van der Waals surface area contributed by atoms with Crippen LogP contribution in [0.25, 0.3) is 10.3 Å². The highest BCUT2D eigenvalue weighted by Gasteiger charge is 2.27. The van der Waals surface area contributed by atoms with E-state index in [1.54, 1.807) is 4.90 Å². The zero-order valence-electron chi connectivity index (χ0n) is 16.5. The van der Waals surface area contributed by atoms with E-state index in [0.717, 1.165) is 22.7 Å². The molecule has 10 heteroatoms. The Kier molecular flexibility index (Phi) is 6.39. The molecular weight excluding hydrogens is 398 g/mol. The first-order chi connectivity index (χ1) is 13.3. The number of thiazole rings is 1. The van der Waals surface area contributed by atoms with Crippen molar-refractivity contribution in [2.75, 3.05) is 25.9 Å². The maximum Gasteiger partial charge on any atom is 0.410 e. The minimum absolute atomic E-state index is 0.190. The number of carbonyl (C=O) groups is 2. The monoisotopic (exact) mass is 423 g/mol. The van der Waals surface area contributed by atoms with Crippen LogP contribution in [0.3, 0.4) is 0 Å². The summed E-state index contributed by atoms with van der Waals surface area (Å²) in [5, 5.41) is 4.14. The van der Waals surface area contributed by atoms with E-state index in [0.29, 0.717) is 36.1 Å². The second-order valence-corrected chi connectivity index (χ2v) is 9.45. The number of amides is 2. The van der Waals surface area contributed by atoms with Gasteiger partial charge in [0.2, 0.25) is 0 Å². The third kappa shape index (κ3) is 5.11. The van der Waals surface area contributed by atoms with Crippen LogP contribution in [0.2, 0.25) is 0 Å². The molecule has 1 aliphatic heterocycles. The summed E-state index contributed by atoms with van der Waals surface area (Å²) in [5.74, 6) is 0.142. The predicted octanol–water partition coefficient (Wildman–Crippen LogP) is 3.19. The molecule has 2 amide bonds. The molecule has 152 valence electrons. The number of carbonyl (C=O) groups excluding carboxylic acids is 2. The molecule has 1 N–H and O–H groups in total. The molecule has 3 rings (SSSR count). The lowest BCUT2D eigenvalue weighted by atomic mass is 9.97. The number of ether oxygens (including phenoxy) is 1. The topological polar surface area (TPSA) is 97.3 Å². The van der Waals surface area contributed by atoms with Crippen molar-refractivity contribution in [1.82, 2.24) is 25.2 Å². The maximum atomic E-state index is 12.5. The van der Waals surface area contributed by atoms with E-state index in [1.807, 2.05) is 27.0 Å². The Hall–Kier alpha value is -1.94. The fourth-order valence-corrected chi connectivity index (χ4v) is 4.32. The van der Waals surface area contributed by atoms with E-state index in [9.17, 15) is 9.59 Å². The number of thioether (sulfide) groups is 1. The second-order valence-electron chi connectivity index (χ2n) is 7.68. The molecule has 2 aromatic heterocycles. The van der Waals surface area contributed by atoms with Crippen LogP contribution in [0.15, 0.2) is 11.4 Å². The molecular formula is C18H25N5O3S2. The molecule has 3 heterocycles. The first-order valence-corrected chi connectivity index (χ1v) is 11.2. The van der Waals surface area contributed by atoms with Gasteiger partial charge in [-0.25, -0.2) is 19.7 Å². The van der Waals surface area contributed by atoms with Crippen LogP contribution in [0.4, 0.5) is 4.79 Å². The molecule has 0 aliphatic carbocycles. The van der Waals surface area contributed by atoms with Crippen molar-refractivity contribution in [2.45, 2.75) is 44.2 Å². The minimum Gasteiger partial charge on any atom is -0.444 e. The number of piperidine rings is 1. The number of aromatic nitrogens is 3. The zero-order chi connectivity index (χ0) is 20.3. The van der Waals surface area contributed by atoms with E-state index in [2.05, 4.69) is 20.3 Å². The fourth-order valence-electron chi connectivity index (χ4n) is 2.94. The highest BCUT2D eigenvalue weighted by Crippen LogP contribution is 2.26. The molecule has 0 saturated carbocycles. The highest BCUT2D eigenvalue weighted by molar-refractivity contribution is 7.98. The Morgan fingerprint density at radius 2 is 2.04 bits per heavy atom. The molecule has 0 atom stereocenters. The van der Waals surface area contributed by atoms with Crippen molar-refractivity contribution in [2.24, 2.45) is 5.92 Å². The summed E-state index contributed by atoms with van der Waals surface area (Å²) in [4.78, 5) is 39.8. The first-order valence-electron chi connectivity index (χ1n) is 9.18. The standard InChI is InChI=1S/C18H25N5O3S2/c1-18(2,3)26-17(25)23-7-5-11(6-8-23)9-19-13(24)16-22-12-14(27-4)20-10-21-15(12)28-16/h10-11H,5-9H2,1-4H3,(H,19,24). The molecule has 1 saturated heterocycles. The SMILES string of the molecule is CSc1ncnc2sc(C(=O)NCC3CCN(C(=O)OC(C)(C)C)CC3)nc12. The Morgan fingerprint density at radius 3 is 2.68 bits per heavy atom. The molecule has 0 spiro atoms. The number of likely N-dealkylation sites (tertiary alicyclic amines) is 1. The summed E-state index contributed by atoms with van der Waals surface area (Å²) in [5.41, 5.74) is 0.190. The number of rotatable bonds is 4. The number of nitrogens with zero attached hydrogens (tertiary/aromatic N) is 4. The minimum atomic E-state index is -0.486.